The van der Waals surface area contributed by atoms with Gasteiger partial charge in [0.1, 0.15) is 6.35 Å². The van der Waals surface area contributed by atoms with E-state index in [1.54, 1.807) is 0 Å². The monoisotopic (exact) mass is 360 g/mol. The van der Waals surface area contributed by atoms with Gasteiger partial charge in [-0.15, -0.1) is 0 Å². The summed E-state index contributed by atoms with van der Waals surface area (Å²) >= 11 is 0. The molecular formula is C11H17N6O6P. The fourth-order valence-corrected chi connectivity index (χ4v) is 3.00. The molecule has 0 saturated carbocycles. The van der Waals surface area contributed by atoms with Gasteiger partial charge in [0.15, 0.2) is 17.4 Å². The lowest BCUT2D eigenvalue weighted by molar-refractivity contribution is -0.0214. The number of rotatable bonds is 5. The second-order valence-corrected chi connectivity index (χ2v) is 7.21. The largest absolute Gasteiger partial charge is 0.384 e. The smallest absolute Gasteiger partial charge is 0.353 e. The zero-order valence-corrected chi connectivity index (χ0v) is 13.3. The van der Waals surface area contributed by atoms with Crippen molar-refractivity contribution in [2.75, 3.05) is 18.7 Å². The highest BCUT2D eigenvalue weighted by molar-refractivity contribution is 7.52. The maximum Gasteiger partial charge on any atom is 0.353 e. The summed E-state index contributed by atoms with van der Waals surface area (Å²) in [5.41, 5.74) is 11.4. The summed E-state index contributed by atoms with van der Waals surface area (Å²) in [4.78, 5) is 31.4. The summed E-state index contributed by atoms with van der Waals surface area (Å²) in [5.74, 6) is -0.0649. The number of ether oxygens (including phenoxy) is 1. The molecule has 4 atom stereocenters. The Morgan fingerprint density at radius 2 is 2.33 bits per heavy atom. The van der Waals surface area contributed by atoms with E-state index in [1.165, 1.54) is 10.9 Å². The molecule has 3 heterocycles. The third-order valence-corrected chi connectivity index (χ3v) is 4.51. The second-order valence-electron chi connectivity index (χ2n) is 5.40. The van der Waals surface area contributed by atoms with Crippen LogP contribution in [0.2, 0.25) is 0 Å². The van der Waals surface area contributed by atoms with Crippen LogP contribution in [0.1, 0.15) is 12.6 Å². The Labute approximate surface area is 134 Å². The molecule has 24 heavy (non-hydrogen) atoms. The third kappa shape index (κ3) is 3.20. The number of nitrogens with zero attached hydrogens (tertiary/aromatic N) is 3. The van der Waals surface area contributed by atoms with Crippen molar-refractivity contribution < 1.29 is 23.8 Å². The quantitative estimate of drug-likeness (QED) is 0.391. The highest BCUT2D eigenvalue weighted by atomic mass is 31.2. The van der Waals surface area contributed by atoms with Crippen LogP contribution in [-0.4, -0.2) is 54.6 Å². The number of imidazole rings is 1. The minimum Gasteiger partial charge on any atom is -0.384 e. The number of H-pyrrole nitrogens is 1. The Hall–Kier alpha value is -1.82. The first-order chi connectivity index (χ1) is 11.3. The van der Waals surface area contributed by atoms with E-state index >= 15 is 0 Å². The number of fused-ring (bicyclic) bond motifs is 1. The molecular weight excluding hydrogens is 343 g/mol. The fourth-order valence-electron chi connectivity index (χ4n) is 2.52. The van der Waals surface area contributed by atoms with Gasteiger partial charge in [-0.2, -0.15) is 4.98 Å². The molecule has 0 bridgehead atoms. The van der Waals surface area contributed by atoms with Gasteiger partial charge in [-0.3, -0.25) is 18.9 Å². The van der Waals surface area contributed by atoms with Crippen LogP contribution in [0.5, 0.6) is 0 Å². The van der Waals surface area contributed by atoms with Crippen LogP contribution >= 0.6 is 7.60 Å². The first kappa shape index (κ1) is 17.0. The van der Waals surface area contributed by atoms with E-state index in [0.717, 1.165) is 0 Å². The number of nitrogens with one attached hydrogen (secondary N) is 1. The van der Waals surface area contributed by atoms with Crippen molar-refractivity contribution in [1.29, 1.82) is 0 Å². The van der Waals surface area contributed by atoms with Gasteiger partial charge in [-0.05, 0) is 6.42 Å². The average Bonchev–Trinajstić information content (AvgIpc) is 3.08. The van der Waals surface area contributed by atoms with E-state index in [0.29, 0.717) is 6.42 Å². The highest BCUT2D eigenvalue weighted by Gasteiger charge is 2.36. The molecule has 1 fully saturated rings. The number of nitrogen functional groups attached to an aromatic ring is 1. The Morgan fingerprint density at radius 3 is 3.04 bits per heavy atom. The summed E-state index contributed by atoms with van der Waals surface area (Å²) in [7, 11) is -4.04. The number of anilines is 1. The summed E-state index contributed by atoms with van der Waals surface area (Å²) in [5, 5.41) is 8.72. The third-order valence-electron chi connectivity index (χ3n) is 3.60. The summed E-state index contributed by atoms with van der Waals surface area (Å²) in [6.45, 7) is -0.207. The Balaban J connectivity index is 1.81. The molecule has 2 aromatic heterocycles. The SMILES string of the molecule is Nc1nc2c(ncn2C2OC(COP(=O)(O)CO)C[C@H]2N)c(=O)[nH]1. The van der Waals surface area contributed by atoms with Crippen LogP contribution < -0.4 is 17.0 Å². The summed E-state index contributed by atoms with van der Waals surface area (Å²) < 4.78 is 23.3. The Kier molecular flexibility index (Phi) is 4.42. The second kappa shape index (κ2) is 6.24. The lowest BCUT2D eigenvalue weighted by Crippen LogP contribution is -2.28. The van der Waals surface area contributed by atoms with E-state index in [1.807, 2.05) is 0 Å². The predicted octanol–water partition coefficient (Wildman–Crippen LogP) is -1.53. The van der Waals surface area contributed by atoms with Crippen LogP contribution in [0.3, 0.4) is 0 Å². The molecule has 3 unspecified atom stereocenters. The molecule has 13 heteroatoms. The van der Waals surface area contributed by atoms with Crippen LogP contribution in [0.15, 0.2) is 11.1 Å². The van der Waals surface area contributed by atoms with Gasteiger partial charge in [-0.1, -0.05) is 0 Å². The molecule has 0 aliphatic carbocycles. The van der Waals surface area contributed by atoms with Crippen LogP contribution in [0, 0.1) is 0 Å². The molecule has 1 aliphatic heterocycles. The molecule has 132 valence electrons. The number of nitrogens with two attached hydrogens (primary N) is 2. The van der Waals surface area contributed by atoms with Crippen LogP contribution in [-0.2, 0) is 13.8 Å². The minimum atomic E-state index is -4.04. The van der Waals surface area contributed by atoms with Crippen molar-refractivity contribution in [2.45, 2.75) is 24.8 Å². The van der Waals surface area contributed by atoms with Crippen molar-refractivity contribution in [1.82, 2.24) is 19.5 Å². The van der Waals surface area contributed by atoms with Gasteiger partial charge in [0, 0.05) is 0 Å². The van der Waals surface area contributed by atoms with Crippen LogP contribution in [0.4, 0.5) is 5.95 Å². The molecule has 3 rings (SSSR count). The van der Waals surface area contributed by atoms with Gasteiger partial charge in [0.25, 0.3) is 5.56 Å². The van der Waals surface area contributed by atoms with E-state index in [4.69, 9.17) is 25.8 Å². The van der Waals surface area contributed by atoms with Gasteiger partial charge < -0.3 is 30.7 Å². The molecule has 2 aromatic rings. The number of aromatic nitrogens is 4. The van der Waals surface area contributed by atoms with Gasteiger partial charge in [0.2, 0.25) is 5.95 Å². The molecule has 12 nitrogen and oxygen atoms in total. The number of hydrogen-bond donors (Lipinski definition) is 5. The van der Waals surface area contributed by atoms with E-state index in [-0.39, 0.29) is 23.7 Å². The molecule has 0 amide bonds. The predicted molar refractivity (Wildman–Crippen MR) is 81.9 cm³/mol. The minimum absolute atomic E-state index is 0.0649. The Bertz CT molecular complexity index is 851. The number of hydrogen-bond acceptors (Lipinski definition) is 9. The molecule has 1 aliphatic rings. The molecule has 0 aromatic carbocycles. The lowest BCUT2D eigenvalue weighted by Gasteiger charge is -2.18. The maximum atomic E-state index is 11.8. The van der Waals surface area contributed by atoms with E-state index < -0.39 is 37.9 Å². The normalized spacial score (nSPS) is 26.7. The maximum absolute atomic E-state index is 11.8. The van der Waals surface area contributed by atoms with Crippen molar-refractivity contribution in [3.05, 3.63) is 16.7 Å². The molecule has 7 N–H and O–H groups in total. The molecule has 0 spiro atoms. The fraction of sp³-hybridized carbons (Fsp3) is 0.545. The highest BCUT2D eigenvalue weighted by Crippen LogP contribution is 2.41. The standard InChI is InChI=1S/C11H17N6O6P/c12-6-1-5(2-22-24(20,21)4-18)23-10(6)17-3-14-7-8(17)15-11(13)16-9(7)19/h3,5-6,10,18H,1-2,4,12H2,(H,20,21)(H3,13,15,16,19)/t5?,6-,10?/m1/s1. The Morgan fingerprint density at radius 1 is 1.58 bits per heavy atom. The number of aliphatic hydroxyl groups is 1. The number of aliphatic hydroxyl groups excluding tert-OH is 1. The topological polar surface area (TPSA) is 192 Å². The van der Waals surface area contributed by atoms with Gasteiger partial charge in [-0.25, -0.2) is 4.98 Å². The van der Waals surface area contributed by atoms with Crippen LogP contribution in [0.25, 0.3) is 11.2 Å². The summed E-state index contributed by atoms with van der Waals surface area (Å²) in [6.07, 6.45) is -0.523. The molecule has 0 radical (unpaired) electrons. The first-order valence-electron chi connectivity index (χ1n) is 7.01. The van der Waals surface area contributed by atoms with Crippen molar-refractivity contribution >= 4 is 24.7 Å². The first-order valence-corrected chi connectivity index (χ1v) is 8.77. The van der Waals surface area contributed by atoms with Crippen molar-refractivity contribution in [3.8, 4) is 0 Å². The summed E-state index contributed by atoms with van der Waals surface area (Å²) in [6, 6.07) is -0.481. The van der Waals surface area contributed by atoms with E-state index in [9.17, 15) is 14.3 Å². The van der Waals surface area contributed by atoms with Crippen molar-refractivity contribution in [3.63, 3.8) is 0 Å². The van der Waals surface area contributed by atoms with E-state index in [2.05, 4.69) is 15.0 Å². The van der Waals surface area contributed by atoms with Crippen molar-refractivity contribution in [2.24, 2.45) is 5.73 Å². The van der Waals surface area contributed by atoms with Gasteiger partial charge >= 0.3 is 7.60 Å². The lowest BCUT2D eigenvalue weighted by atomic mass is 10.2. The van der Waals surface area contributed by atoms with Gasteiger partial charge in [0.05, 0.1) is 25.1 Å². The number of aromatic amines is 1. The average molecular weight is 360 g/mol. The zero-order valence-electron chi connectivity index (χ0n) is 12.4. The zero-order chi connectivity index (χ0) is 17.5. The molecule has 1 saturated heterocycles.